The fourth-order valence-corrected chi connectivity index (χ4v) is 1.41. The van der Waals surface area contributed by atoms with Gasteiger partial charge in [0.25, 0.3) is 0 Å². The number of methoxy groups -OCH3 is 1. The number of ether oxygens (including phenoxy) is 1. The van der Waals surface area contributed by atoms with E-state index in [4.69, 9.17) is 10.5 Å². The van der Waals surface area contributed by atoms with Gasteiger partial charge in [0, 0.05) is 11.1 Å². The molecular weight excluding hydrogens is 198 g/mol. The Morgan fingerprint density at radius 3 is 2.64 bits per heavy atom. The van der Waals surface area contributed by atoms with Gasteiger partial charge in [0.1, 0.15) is 5.75 Å². The minimum absolute atomic E-state index is 0. The van der Waals surface area contributed by atoms with E-state index >= 15 is 0 Å². The number of hydrogen-bond acceptors (Lipinski definition) is 2. The molecule has 0 unspecified atom stereocenters. The lowest BCUT2D eigenvalue weighted by Gasteiger charge is -2.03. The first-order chi connectivity index (χ1) is 6.31. The molecule has 0 aliphatic heterocycles. The van der Waals surface area contributed by atoms with Crippen molar-refractivity contribution in [1.29, 1.82) is 0 Å². The molecule has 0 aliphatic carbocycles. The summed E-state index contributed by atoms with van der Waals surface area (Å²) in [5, 5.41) is 2.18. The van der Waals surface area contributed by atoms with Gasteiger partial charge >= 0.3 is 0 Å². The molecular formula is C11H12ClNO. The van der Waals surface area contributed by atoms with Crippen molar-refractivity contribution in [3.05, 3.63) is 36.4 Å². The molecule has 0 aromatic heterocycles. The van der Waals surface area contributed by atoms with Crippen molar-refractivity contribution < 1.29 is 4.74 Å². The van der Waals surface area contributed by atoms with Crippen molar-refractivity contribution in [3.63, 3.8) is 0 Å². The van der Waals surface area contributed by atoms with Crippen molar-refractivity contribution >= 4 is 28.9 Å². The van der Waals surface area contributed by atoms with E-state index in [1.165, 1.54) is 0 Å². The molecule has 3 heteroatoms. The lowest BCUT2D eigenvalue weighted by molar-refractivity contribution is 0.415. The number of benzene rings is 2. The average molecular weight is 210 g/mol. The van der Waals surface area contributed by atoms with E-state index < -0.39 is 0 Å². The molecule has 0 fully saturated rings. The van der Waals surface area contributed by atoms with Gasteiger partial charge < -0.3 is 10.5 Å². The van der Waals surface area contributed by atoms with Gasteiger partial charge in [-0.1, -0.05) is 12.1 Å². The summed E-state index contributed by atoms with van der Waals surface area (Å²) >= 11 is 0. The van der Waals surface area contributed by atoms with Gasteiger partial charge in [-0.2, -0.15) is 0 Å². The summed E-state index contributed by atoms with van der Waals surface area (Å²) < 4.78 is 5.12. The van der Waals surface area contributed by atoms with Crippen molar-refractivity contribution in [2.45, 2.75) is 0 Å². The molecule has 0 atom stereocenters. The summed E-state index contributed by atoms with van der Waals surface area (Å²) in [6.07, 6.45) is 0. The monoisotopic (exact) mass is 209 g/mol. The second kappa shape index (κ2) is 4.20. The first kappa shape index (κ1) is 10.7. The van der Waals surface area contributed by atoms with Crippen molar-refractivity contribution in [1.82, 2.24) is 0 Å². The first-order valence-corrected chi connectivity index (χ1v) is 4.13. The summed E-state index contributed by atoms with van der Waals surface area (Å²) in [5.41, 5.74) is 6.61. The molecule has 0 bridgehead atoms. The molecule has 0 radical (unpaired) electrons. The van der Waals surface area contributed by atoms with Crippen LogP contribution in [0, 0.1) is 0 Å². The number of anilines is 1. The van der Waals surface area contributed by atoms with Crippen LogP contribution in [-0.4, -0.2) is 7.11 Å². The van der Waals surface area contributed by atoms with Gasteiger partial charge in [0.15, 0.2) is 0 Å². The van der Waals surface area contributed by atoms with E-state index in [-0.39, 0.29) is 12.4 Å². The van der Waals surface area contributed by atoms with Crippen molar-refractivity contribution in [2.24, 2.45) is 0 Å². The van der Waals surface area contributed by atoms with Crippen LogP contribution >= 0.6 is 12.4 Å². The summed E-state index contributed by atoms with van der Waals surface area (Å²) in [6, 6.07) is 11.7. The Morgan fingerprint density at radius 1 is 1.14 bits per heavy atom. The number of halogens is 1. The number of fused-ring (bicyclic) bond motifs is 1. The summed E-state index contributed by atoms with van der Waals surface area (Å²) in [5.74, 6) is 0.859. The maximum absolute atomic E-state index is 5.81. The number of rotatable bonds is 1. The molecule has 74 valence electrons. The summed E-state index contributed by atoms with van der Waals surface area (Å²) in [7, 11) is 1.66. The van der Waals surface area contributed by atoms with Gasteiger partial charge in [0.2, 0.25) is 0 Å². The minimum atomic E-state index is 0. The van der Waals surface area contributed by atoms with Crippen molar-refractivity contribution in [3.8, 4) is 5.75 Å². The second-order valence-electron chi connectivity index (χ2n) is 2.93. The normalized spacial score (nSPS) is 9.50. The van der Waals surface area contributed by atoms with Crippen LogP contribution in [0.4, 0.5) is 5.69 Å². The van der Waals surface area contributed by atoms with Crippen LogP contribution in [0.25, 0.3) is 10.8 Å². The number of nitrogens with two attached hydrogens (primary N) is 1. The highest BCUT2D eigenvalue weighted by molar-refractivity contribution is 5.93. The molecule has 0 amide bonds. The Bertz CT molecular complexity index is 442. The van der Waals surface area contributed by atoms with Crippen LogP contribution in [0.1, 0.15) is 0 Å². The smallest absolute Gasteiger partial charge is 0.119 e. The number of hydrogen-bond donors (Lipinski definition) is 1. The predicted octanol–water partition coefficient (Wildman–Crippen LogP) is 2.85. The molecule has 0 spiro atoms. The molecule has 0 saturated heterocycles. The fraction of sp³-hybridized carbons (Fsp3) is 0.0909. The van der Waals surface area contributed by atoms with Gasteiger partial charge in [-0.3, -0.25) is 0 Å². The highest BCUT2D eigenvalue weighted by atomic mass is 35.5. The SMILES string of the molecule is COc1ccc2c(N)cccc2c1.Cl. The standard InChI is InChI=1S/C11H11NO.ClH/c1-13-9-5-6-10-8(7-9)3-2-4-11(10)12;/h2-7H,12H2,1H3;1H. The fourth-order valence-electron chi connectivity index (χ4n) is 1.41. The molecule has 2 aromatic carbocycles. The zero-order valence-electron chi connectivity index (χ0n) is 7.86. The molecule has 14 heavy (non-hydrogen) atoms. The maximum atomic E-state index is 5.81. The largest absolute Gasteiger partial charge is 0.497 e. The lowest BCUT2D eigenvalue weighted by Crippen LogP contribution is -1.87. The van der Waals surface area contributed by atoms with Crippen LogP contribution in [0.2, 0.25) is 0 Å². The van der Waals surface area contributed by atoms with Crippen molar-refractivity contribution in [2.75, 3.05) is 12.8 Å². The first-order valence-electron chi connectivity index (χ1n) is 4.13. The third kappa shape index (κ3) is 1.75. The van der Waals surface area contributed by atoms with E-state index in [1.807, 2.05) is 36.4 Å². The van der Waals surface area contributed by atoms with Crippen LogP contribution in [-0.2, 0) is 0 Å². The highest BCUT2D eigenvalue weighted by Crippen LogP contribution is 2.24. The second-order valence-corrected chi connectivity index (χ2v) is 2.93. The predicted molar refractivity (Wildman–Crippen MR) is 62.2 cm³/mol. The Labute approximate surface area is 89.1 Å². The Balaban J connectivity index is 0.000000980. The zero-order chi connectivity index (χ0) is 9.26. The zero-order valence-corrected chi connectivity index (χ0v) is 8.67. The maximum Gasteiger partial charge on any atom is 0.119 e. The lowest BCUT2D eigenvalue weighted by atomic mass is 10.1. The summed E-state index contributed by atoms with van der Waals surface area (Å²) in [6.45, 7) is 0. The minimum Gasteiger partial charge on any atom is -0.497 e. The Hall–Kier alpha value is -1.41. The van der Waals surface area contributed by atoms with Crippen LogP contribution in [0.3, 0.4) is 0 Å². The van der Waals surface area contributed by atoms with Crippen LogP contribution < -0.4 is 10.5 Å². The Kier molecular flexibility index (Phi) is 3.20. The number of nitrogen functional groups attached to an aromatic ring is 1. The van der Waals surface area contributed by atoms with E-state index in [0.29, 0.717) is 0 Å². The Morgan fingerprint density at radius 2 is 1.93 bits per heavy atom. The van der Waals surface area contributed by atoms with E-state index in [0.717, 1.165) is 22.2 Å². The molecule has 2 nitrogen and oxygen atoms in total. The van der Waals surface area contributed by atoms with Gasteiger partial charge in [0.05, 0.1) is 7.11 Å². The molecule has 2 aromatic rings. The van der Waals surface area contributed by atoms with E-state index in [9.17, 15) is 0 Å². The molecule has 0 aliphatic rings. The van der Waals surface area contributed by atoms with E-state index in [1.54, 1.807) is 7.11 Å². The third-order valence-electron chi connectivity index (χ3n) is 2.12. The molecule has 0 saturated carbocycles. The highest BCUT2D eigenvalue weighted by Gasteiger charge is 1.97. The summed E-state index contributed by atoms with van der Waals surface area (Å²) in [4.78, 5) is 0. The third-order valence-corrected chi connectivity index (χ3v) is 2.12. The topological polar surface area (TPSA) is 35.2 Å². The molecule has 2 rings (SSSR count). The molecule has 0 heterocycles. The molecule has 2 N–H and O–H groups in total. The van der Waals surface area contributed by atoms with Crippen LogP contribution in [0.5, 0.6) is 5.75 Å². The van der Waals surface area contributed by atoms with Gasteiger partial charge in [-0.15, -0.1) is 12.4 Å². The van der Waals surface area contributed by atoms with Gasteiger partial charge in [-0.25, -0.2) is 0 Å². The van der Waals surface area contributed by atoms with E-state index in [2.05, 4.69) is 0 Å². The average Bonchev–Trinajstić information content (AvgIpc) is 2.18. The van der Waals surface area contributed by atoms with Crippen LogP contribution in [0.15, 0.2) is 36.4 Å². The van der Waals surface area contributed by atoms with Gasteiger partial charge in [-0.05, 0) is 29.7 Å². The quantitative estimate of drug-likeness (QED) is 0.733.